The number of hydrogen-bond donors (Lipinski definition) is 1. The van der Waals surface area contributed by atoms with E-state index < -0.39 is 0 Å². The number of hydrogen-bond acceptors (Lipinski definition) is 6. The van der Waals surface area contributed by atoms with Crippen LogP contribution in [0.4, 0.5) is 5.82 Å². The van der Waals surface area contributed by atoms with E-state index in [2.05, 4.69) is 20.4 Å². The van der Waals surface area contributed by atoms with E-state index in [4.69, 9.17) is 9.26 Å². The number of anilines is 1. The van der Waals surface area contributed by atoms with Crippen molar-refractivity contribution in [3.63, 3.8) is 0 Å². The topological polar surface area (TPSA) is 73.1 Å². The van der Waals surface area contributed by atoms with Crippen molar-refractivity contribution in [1.29, 1.82) is 0 Å². The van der Waals surface area contributed by atoms with Crippen molar-refractivity contribution in [2.45, 2.75) is 26.8 Å². The van der Waals surface area contributed by atoms with Crippen LogP contribution in [-0.2, 0) is 13.0 Å². The second kappa shape index (κ2) is 6.43. The molecule has 114 valence electrons. The van der Waals surface area contributed by atoms with Crippen LogP contribution in [0.1, 0.15) is 25.1 Å². The molecule has 0 saturated heterocycles. The van der Waals surface area contributed by atoms with Crippen LogP contribution in [0.3, 0.4) is 0 Å². The molecule has 2 heterocycles. The molecule has 0 amide bonds. The molecule has 0 bridgehead atoms. The minimum atomic E-state index is 0.507. The van der Waals surface area contributed by atoms with Gasteiger partial charge in [-0.2, -0.15) is 4.98 Å². The number of benzene rings is 1. The number of nitrogens with one attached hydrogen (secondary N) is 1. The van der Waals surface area contributed by atoms with Gasteiger partial charge in [-0.1, -0.05) is 30.3 Å². The van der Waals surface area contributed by atoms with Crippen molar-refractivity contribution in [3.05, 3.63) is 41.9 Å². The second-order valence-corrected chi connectivity index (χ2v) is 4.78. The normalized spacial score (nSPS) is 10.8. The highest BCUT2D eigenvalue weighted by atomic mass is 16.5. The van der Waals surface area contributed by atoms with E-state index in [1.807, 2.05) is 38.1 Å². The smallest absolute Gasteiger partial charge is 0.263 e. The van der Waals surface area contributed by atoms with E-state index in [0.717, 1.165) is 34.6 Å². The molecule has 22 heavy (non-hydrogen) atoms. The molecular weight excluding hydrogens is 280 g/mol. The number of aryl methyl sites for hydroxylation is 1. The number of fused-ring (bicyclic) bond motifs is 1. The molecule has 3 aromatic rings. The SMILES string of the molecule is CCOc1ccccc1CNc1ncnc2onc(CC)c12. The maximum Gasteiger partial charge on any atom is 0.263 e. The van der Waals surface area contributed by atoms with Crippen LogP contribution in [0, 0.1) is 0 Å². The molecule has 0 atom stereocenters. The average molecular weight is 298 g/mol. The summed E-state index contributed by atoms with van der Waals surface area (Å²) in [6.07, 6.45) is 2.24. The van der Waals surface area contributed by atoms with Gasteiger partial charge in [-0.25, -0.2) is 4.98 Å². The van der Waals surface area contributed by atoms with Gasteiger partial charge in [0.15, 0.2) is 0 Å². The summed E-state index contributed by atoms with van der Waals surface area (Å²) < 4.78 is 10.9. The first-order valence-electron chi connectivity index (χ1n) is 7.37. The van der Waals surface area contributed by atoms with Crippen LogP contribution in [0.2, 0.25) is 0 Å². The van der Waals surface area contributed by atoms with E-state index in [1.54, 1.807) is 0 Å². The first kappa shape index (κ1) is 14.3. The molecule has 0 saturated carbocycles. The number of ether oxygens (including phenoxy) is 1. The van der Waals surface area contributed by atoms with E-state index in [0.29, 0.717) is 18.9 Å². The van der Waals surface area contributed by atoms with Crippen molar-refractivity contribution < 1.29 is 9.26 Å². The lowest BCUT2D eigenvalue weighted by atomic mass is 10.2. The Kier molecular flexibility index (Phi) is 4.18. The average Bonchev–Trinajstić information content (AvgIpc) is 2.98. The monoisotopic (exact) mass is 298 g/mol. The molecule has 6 heteroatoms. The van der Waals surface area contributed by atoms with Gasteiger partial charge in [-0.15, -0.1) is 0 Å². The van der Waals surface area contributed by atoms with Crippen molar-refractivity contribution in [2.24, 2.45) is 0 Å². The first-order valence-corrected chi connectivity index (χ1v) is 7.37. The Morgan fingerprint density at radius 2 is 2.05 bits per heavy atom. The standard InChI is InChI=1S/C16H18N4O2/c1-3-12-14-15(18-10-19-16(14)22-20-12)17-9-11-7-5-6-8-13(11)21-4-2/h5-8,10H,3-4,9H2,1-2H3,(H,17,18,19). The van der Waals surface area contributed by atoms with E-state index >= 15 is 0 Å². The molecule has 1 aromatic carbocycles. The van der Waals surface area contributed by atoms with E-state index in [1.165, 1.54) is 6.33 Å². The summed E-state index contributed by atoms with van der Waals surface area (Å²) in [6, 6.07) is 7.95. The highest BCUT2D eigenvalue weighted by Gasteiger charge is 2.14. The summed E-state index contributed by atoms with van der Waals surface area (Å²) in [6.45, 7) is 5.25. The predicted molar refractivity (Wildman–Crippen MR) is 83.9 cm³/mol. The number of nitrogens with zero attached hydrogens (tertiary/aromatic N) is 3. The van der Waals surface area contributed by atoms with Gasteiger partial charge < -0.3 is 14.6 Å². The summed E-state index contributed by atoms with van der Waals surface area (Å²) in [5.41, 5.74) is 2.44. The summed E-state index contributed by atoms with van der Waals surface area (Å²) >= 11 is 0. The van der Waals surface area contributed by atoms with Gasteiger partial charge in [-0.05, 0) is 19.4 Å². The Labute approximate surface area is 128 Å². The largest absolute Gasteiger partial charge is 0.494 e. The molecule has 0 unspecified atom stereocenters. The van der Waals surface area contributed by atoms with Crippen LogP contribution in [0.5, 0.6) is 5.75 Å². The van der Waals surface area contributed by atoms with Gasteiger partial charge in [0.25, 0.3) is 5.71 Å². The lowest BCUT2D eigenvalue weighted by Gasteiger charge is -2.11. The Bertz CT molecular complexity index is 770. The third-order valence-corrected chi connectivity index (χ3v) is 3.40. The molecule has 0 aliphatic carbocycles. The zero-order valence-electron chi connectivity index (χ0n) is 12.7. The minimum absolute atomic E-state index is 0.507. The second-order valence-electron chi connectivity index (χ2n) is 4.78. The third kappa shape index (κ3) is 2.72. The summed E-state index contributed by atoms with van der Waals surface area (Å²) in [7, 11) is 0. The van der Waals surface area contributed by atoms with Crippen LogP contribution in [0.15, 0.2) is 35.1 Å². The van der Waals surface area contributed by atoms with Gasteiger partial charge in [0.2, 0.25) is 0 Å². The first-order chi connectivity index (χ1) is 10.8. The molecule has 0 aliphatic heterocycles. The van der Waals surface area contributed by atoms with Crippen molar-refractivity contribution in [3.8, 4) is 5.75 Å². The van der Waals surface area contributed by atoms with Gasteiger partial charge in [-0.3, -0.25) is 0 Å². The Hall–Kier alpha value is -2.63. The van der Waals surface area contributed by atoms with Gasteiger partial charge >= 0.3 is 0 Å². The van der Waals surface area contributed by atoms with E-state index in [9.17, 15) is 0 Å². The zero-order chi connectivity index (χ0) is 15.4. The molecule has 1 N–H and O–H groups in total. The highest BCUT2D eigenvalue weighted by molar-refractivity contribution is 5.87. The summed E-state index contributed by atoms with van der Waals surface area (Å²) in [5, 5.41) is 8.21. The maximum absolute atomic E-state index is 5.64. The molecular formula is C16H18N4O2. The summed E-state index contributed by atoms with van der Waals surface area (Å²) in [5.74, 6) is 1.61. The molecule has 2 aromatic heterocycles. The van der Waals surface area contributed by atoms with Crippen LogP contribution >= 0.6 is 0 Å². The lowest BCUT2D eigenvalue weighted by molar-refractivity contribution is 0.337. The van der Waals surface area contributed by atoms with Crippen molar-refractivity contribution in [2.75, 3.05) is 11.9 Å². The van der Waals surface area contributed by atoms with Gasteiger partial charge in [0.05, 0.1) is 12.3 Å². The van der Waals surface area contributed by atoms with Crippen molar-refractivity contribution >= 4 is 16.9 Å². The van der Waals surface area contributed by atoms with Crippen molar-refractivity contribution in [1.82, 2.24) is 15.1 Å². The Morgan fingerprint density at radius 1 is 1.18 bits per heavy atom. The van der Waals surface area contributed by atoms with Gasteiger partial charge in [0, 0.05) is 12.1 Å². The number of para-hydroxylation sites is 1. The fourth-order valence-corrected chi connectivity index (χ4v) is 2.34. The predicted octanol–water partition coefficient (Wildman–Crippen LogP) is 3.19. The van der Waals surface area contributed by atoms with Crippen LogP contribution in [-0.4, -0.2) is 21.7 Å². The number of rotatable bonds is 6. The fraction of sp³-hybridized carbons (Fsp3) is 0.312. The fourth-order valence-electron chi connectivity index (χ4n) is 2.34. The summed E-state index contributed by atoms with van der Waals surface area (Å²) in [4.78, 5) is 8.42. The minimum Gasteiger partial charge on any atom is -0.494 e. The molecule has 0 aliphatic rings. The molecule has 0 spiro atoms. The van der Waals surface area contributed by atoms with Crippen LogP contribution in [0.25, 0.3) is 11.1 Å². The maximum atomic E-state index is 5.64. The van der Waals surface area contributed by atoms with Gasteiger partial charge in [0.1, 0.15) is 23.3 Å². The Morgan fingerprint density at radius 3 is 2.86 bits per heavy atom. The lowest BCUT2D eigenvalue weighted by Crippen LogP contribution is -2.05. The number of aromatic nitrogens is 3. The molecule has 0 fully saturated rings. The quantitative estimate of drug-likeness (QED) is 0.753. The third-order valence-electron chi connectivity index (χ3n) is 3.40. The molecule has 3 rings (SSSR count). The Balaban J connectivity index is 1.87. The molecule has 0 radical (unpaired) electrons. The zero-order valence-corrected chi connectivity index (χ0v) is 12.7. The van der Waals surface area contributed by atoms with E-state index in [-0.39, 0.29) is 0 Å². The molecule has 6 nitrogen and oxygen atoms in total. The van der Waals surface area contributed by atoms with Crippen LogP contribution < -0.4 is 10.1 Å². The highest BCUT2D eigenvalue weighted by Crippen LogP contribution is 2.25.